The Hall–Kier alpha value is -2.20. The summed E-state index contributed by atoms with van der Waals surface area (Å²) in [5, 5.41) is 0. The summed E-state index contributed by atoms with van der Waals surface area (Å²) in [6.45, 7) is 2.58. The smallest absolute Gasteiger partial charge is 0.137 e. The van der Waals surface area contributed by atoms with Crippen LogP contribution in [0.5, 0.6) is 0 Å². The highest BCUT2D eigenvalue weighted by atomic mass is 19.1. The zero-order chi connectivity index (χ0) is 14.1. The van der Waals surface area contributed by atoms with Crippen molar-refractivity contribution < 1.29 is 4.39 Å². The van der Waals surface area contributed by atoms with Gasteiger partial charge in [0.2, 0.25) is 0 Å². The molecule has 0 bridgehead atoms. The second-order valence-corrected chi connectivity index (χ2v) is 4.89. The van der Waals surface area contributed by atoms with Gasteiger partial charge in [-0.2, -0.15) is 0 Å². The topological polar surface area (TPSA) is 43.3 Å². The highest BCUT2D eigenvalue weighted by molar-refractivity contribution is 5.67. The lowest BCUT2D eigenvalue weighted by molar-refractivity contribution is 0.628. The lowest BCUT2D eigenvalue weighted by atomic mass is 10.1. The second kappa shape index (κ2) is 5.06. The van der Waals surface area contributed by atoms with Crippen LogP contribution in [0.15, 0.2) is 42.6 Å². The molecular formula is C16H16FN3. The molecule has 4 heteroatoms. The largest absolute Gasteiger partial charge is 0.330 e. The molecule has 2 N–H and O–H groups in total. The van der Waals surface area contributed by atoms with Gasteiger partial charge >= 0.3 is 0 Å². The molecule has 3 nitrogen and oxygen atoms in total. The first-order valence-electron chi connectivity index (χ1n) is 6.62. The molecule has 0 aliphatic carbocycles. The van der Waals surface area contributed by atoms with Gasteiger partial charge in [0, 0.05) is 18.2 Å². The third-order valence-electron chi connectivity index (χ3n) is 3.34. The van der Waals surface area contributed by atoms with Crippen molar-refractivity contribution in [3.05, 3.63) is 59.7 Å². The van der Waals surface area contributed by atoms with Gasteiger partial charge in [0.05, 0.1) is 11.4 Å². The first-order chi connectivity index (χ1) is 9.69. The van der Waals surface area contributed by atoms with Crippen molar-refractivity contribution in [2.45, 2.75) is 13.3 Å². The predicted octanol–water partition coefficient (Wildman–Crippen LogP) is 2.95. The van der Waals surface area contributed by atoms with E-state index in [-0.39, 0.29) is 5.82 Å². The molecular weight excluding hydrogens is 253 g/mol. The predicted molar refractivity (Wildman–Crippen MR) is 78.1 cm³/mol. The van der Waals surface area contributed by atoms with Crippen LogP contribution in [0, 0.1) is 12.7 Å². The van der Waals surface area contributed by atoms with Gasteiger partial charge in [-0.1, -0.05) is 6.07 Å². The third kappa shape index (κ3) is 2.18. The van der Waals surface area contributed by atoms with Gasteiger partial charge in [-0.05, 0) is 49.4 Å². The number of aryl methyl sites for hydroxylation is 1. The standard InChI is InChI=1S/C16H16FN3/c1-11-2-7-15-19-14(8-9-18)16(20(15)10-11)12-3-5-13(17)6-4-12/h2-7,10H,8-9,18H2,1H3. The highest BCUT2D eigenvalue weighted by Crippen LogP contribution is 2.26. The molecule has 0 aliphatic rings. The minimum absolute atomic E-state index is 0.237. The van der Waals surface area contributed by atoms with Gasteiger partial charge in [-0.25, -0.2) is 9.37 Å². The fourth-order valence-electron chi connectivity index (χ4n) is 2.42. The average molecular weight is 269 g/mol. The minimum Gasteiger partial charge on any atom is -0.330 e. The van der Waals surface area contributed by atoms with E-state index in [4.69, 9.17) is 5.73 Å². The number of nitrogens with zero attached hydrogens (tertiary/aromatic N) is 2. The highest BCUT2D eigenvalue weighted by Gasteiger charge is 2.13. The number of rotatable bonds is 3. The van der Waals surface area contributed by atoms with Gasteiger partial charge < -0.3 is 5.73 Å². The molecule has 0 spiro atoms. The fourth-order valence-corrected chi connectivity index (χ4v) is 2.42. The maximum absolute atomic E-state index is 13.1. The molecule has 0 saturated heterocycles. The minimum atomic E-state index is -0.237. The van der Waals surface area contributed by atoms with E-state index < -0.39 is 0 Å². The zero-order valence-electron chi connectivity index (χ0n) is 11.3. The number of halogens is 1. The van der Waals surface area contributed by atoms with Crippen molar-refractivity contribution in [1.82, 2.24) is 9.38 Å². The van der Waals surface area contributed by atoms with Crippen LogP contribution in [0.4, 0.5) is 4.39 Å². The summed E-state index contributed by atoms with van der Waals surface area (Å²) in [5.74, 6) is -0.237. The number of pyridine rings is 1. The third-order valence-corrected chi connectivity index (χ3v) is 3.34. The number of fused-ring (bicyclic) bond motifs is 1. The first-order valence-corrected chi connectivity index (χ1v) is 6.62. The first kappa shape index (κ1) is 12.8. The molecule has 2 aromatic heterocycles. The Kier molecular flexibility index (Phi) is 3.24. The number of aromatic nitrogens is 2. The maximum atomic E-state index is 13.1. The Balaban J connectivity index is 2.27. The summed E-state index contributed by atoms with van der Waals surface area (Å²) in [5.41, 5.74) is 10.6. The van der Waals surface area contributed by atoms with Crippen molar-refractivity contribution in [1.29, 1.82) is 0 Å². The van der Waals surface area contributed by atoms with E-state index in [1.807, 2.05) is 29.7 Å². The summed E-state index contributed by atoms with van der Waals surface area (Å²) >= 11 is 0. The van der Waals surface area contributed by atoms with Crippen molar-refractivity contribution >= 4 is 5.65 Å². The molecule has 1 aromatic carbocycles. The summed E-state index contributed by atoms with van der Waals surface area (Å²) in [6.07, 6.45) is 2.74. The molecule has 0 atom stereocenters. The molecule has 3 rings (SSSR count). The SMILES string of the molecule is Cc1ccc2nc(CCN)c(-c3ccc(F)cc3)n2c1. The fraction of sp³-hybridized carbons (Fsp3) is 0.188. The molecule has 2 heterocycles. The molecule has 3 aromatic rings. The van der Waals surface area contributed by atoms with Crippen LogP contribution in [-0.4, -0.2) is 15.9 Å². The Bertz CT molecular complexity index is 744. The van der Waals surface area contributed by atoms with E-state index >= 15 is 0 Å². The molecule has 0 amide bonds. The van der Waals surface area contributed by atoms with Gasteiger partial charge in [-0.3, -0.25) is 4.40 Å². The number of hydrogen-bond donors (Lipinski definition) is 1. The quantitative estimate of drug-likeness (QED) is 0.794. The van der Waals surface area contributed by atoms with Crippen LogP contribution in [-0.2, 0) is 6.42 Å². The monoisotopic (exact) mass is 269 g/mol. The van der Waals surface area contributed by atoms with E-state index in [9.17, 15) is 4.39 Å². The second-order valence-electron chi connectivity index (χ2n) is 4.89. The van der Waals surface area contributed by atoms with Crippen molar-refractivity contribution in [2.24, 2.45) is 5.73 Å². The molecule has 0 radical (unpaired) electrons. The van der Waals surface area contributed by atoms with Crippen molar-refractivity contribution in [3.63, 3.8) is 0 Å². The van der Waals surface area contributed by atoms with Gasteiger partial charge in [0.1, 0.15) is 11.5 Å². The molecule has 0 saturated carbocycles. The number of hydrogen-bond acceptors (Lipinski definition) is 2. The van der Waals surface area contributed by atoms with Crippen LogP contribution in [0.25, 0.3) is 16.9 Å². The maximum Gasteiger partial charge on any atom is 0.137 e. The van der Waals surface area contributed by atoms with E-state index in [0.717, 1.165) is 28.2 Å². The number of benzene rings is 1. The molecule has 0 fully saturated rings. The Morgan fingerprint density at radius 1 is 1.15 bits per heavy atom. The Labute approximate surface area is 116 Å². The van der Waals surface area contributed by atoms with Gasteiger partial charge in [0.25, 0.3) is 0 Å². The van der Waals surface area contributed by atoms with Crippen LogP contribution < -0.4 is 5.73 Å². The summed E-state index contributed by atoms with van der Waals surface area (Å²) in [6, 6.07) is 10.5. The molecule has 102 valence electrons. The van der Waals surface area contributed by atoms with Crippen LogP contribution in [0.2, 0.25) is 0 Å². The number of nitrogens with two attached hydrogens (primary N) is 1. The Morgan fingerprint density at radius 3 is 2.60 bits per heavy atom. The summed E-state index contributed by atoms with van der Waals surface area (Å²) in [4.78, 5) is 4.63. The van der Waals surface area contributed by atoms with Crippen LogP contribution >= 0.6 is 0 Å². The average Bonchev–Trinajstić information content (AvgIpc) is 2.78. The summed E-state index contributed by atoms with van der Waals surface area (Å²) in [7, 11) is 0. The van der Waals surface area contributed by atoms with Crippen LogP contribution in [0.1, 0.15) is 11.3 Å². The van der Waals surface area contributed by atoms with E-state index in [1.165, 1.54) is 12.1 Å². The van der Waals surface area contributed by atoms with Crippen molar-refractivity contribution in [3.8, 4) is 11.3 Å². The molecule has 20 heavy (non-hydrogen) atoms. The molecule has 0 unspecified atom stereocenters. The van der Waals surface area contributed by atoms with E-state index in [0.29, 0.717) is 13.0 Å². The van der Waals surface area contributed by atoms with Crippen LogP contribution in [0.3, 0.4) is 0 Å². The zero-order valence-corrected chi connectivity index (χ0v) is 11.3. The molecule has 0 aliphatic heterocycles. The van der Waals surface area contributed by atoms with Gasteiger partial charge in [-0.15, -0.1) is 0 Å². The van der Waals surface area contributed by atoms with Crippen molar-refractivity contribution in [2.75, 3.05) is 6.54 Å². The Morgan fingerprint density at radius 2 is 1.90 bits per heavy atom. The van der Waals surface area contributed by atoms with Gasteiger partial charge in [0.15, 0.2) is 0 Å². The normalized spacial score (nSPS) is 11.2. The number of imidazole rings is 1. The summed E-state index contributed by atoms with van der Waals surface area (Å²) < 4.78 is 15.2. The van der Waals surface area contributed by atoms with E-state index in [2.05, 4.69) is 4.98 Å². The van der Waals surface area contributed by atoms with E-state index in [1.54, 1.807) is 12.1 Å². The lowest BCUT2D eigenvalue weighted by Gasteiger charge is -2.05. The lowest BCUT2D eigenvalue weighted by Crippen LogP contribution is -2.04.